The molecule has 2 rings (SSSR count). The SMILES string of the molecule is O=C(CCCN1CCCC1)OCc1ccccc1. The van der Waals surface area contributed by atoms with Gasteiger partial charge in [-0.3, -0.25) is 4.79 Å². The molecular formula is C15H21NO2. The molecule has 3 nitrogen and oxygen atoms in total. The van der Waals surface area contributed by atoms with Crippen LogP contribution < -0.4 is 0 Å². The highest BCUT2D eigenvalue weighted by Gasteiger charge is 2.11. The highest BCUT2D eigenvalue weighted by Crippen LogP contribution is 2.09. The van der Waals surface area contributed by atoms with Crippen molar-refractivity contribution in [2.45, 2.75) is 32.3 Å². The molecule has 0 bridgehead atoms. The molecule has 18 heavy (non-hydrogen) atoms. The van der Waals surface area contributed by atoms with E-state index in [4.69, 9.17) is 4.74 Å². The van der Waals surface area contributed by atoms with Crippen LogP contribution in [0.4, 0.5) is 0 Å². The second kappa shape index (κ2) is 7.17. The molecule has 0 aromatic heterocycles. The number of benzene rings is 1. The Hall–Kier alpha value is -1.35. The summed E-state index contributed by atoms with van der Waals surface area (Å²) in [5, 5.41) is 0. The Morgan fingerprint density at radius 1 is 1.17 bits per heavy atom. The number of rotatable bonds is 6. The molecule has 0 atom stereocenters. The highest BCUT2D eigenvalue weighted by molar-refractivity contribution is 5.69. The number of hydrogen-bond donors (Lipinski definition) is 0. The molecular weight excluding hydrogens is 226 g/mol. The molecule has 1 aliphatic heterocycles. The zero-order valence-electron chi connectivity index (χ0n) is 10.8. The third-order valence-electron chi connectivity index (χ3n) is 3.30. The van der Waals surface area contributed by atoms with E-state index in [1.807, 2.05) is 30.3 Å². The summed E-state index contributed by atoms with van der Waals surface area (Å²) < 4.78 is 5.24. The normalized spacial score (nSPS) is 15.8. The molecule has 3 heteroatoms. The van der Waals surface area contributed by atoms with Gasteiger partial charge >= 0.3 is 5.97 Å². The van der Waals surface area contributed by atoms with E-state index in [1.54, 1.807) is 0 Å². The predicted molar refractivity (Wildman–Crippen MR) is 71.1 cm³/mol. The topological polar surface area (TPSA) is 29.5 Å². The van der Waals surface area contributed by atoms with E-state index in [0.717, 1.165) is 18.5 Å². The number of likely N-dealkylation sites (tertiary alicyclic amines) is 1. The van der Waals surface area contributed by atoms with Crippen molar-refractivity contribution in [2.24, 2.45) is 0 Å². The van der Waals surface area contributed by atoms with Crippen LogP contribution in [0, 0.1) is 0 Å². The van der Waals surface area contributed by atoms with Crippen LogP contribution in [0.15, 0.2) is 30.3 Å². The predicted octanol–water partition coefficient (Wildman–Crippen LogP) is 2.61. The van der Waals surface area contributed by atoms with Gasteiger partial charge in [-0.1, -0.05) is 30.3 Å². The van der Waals surface area contributed by atoms with Gasteiger partial charge in [0.15, 0.2) is 0 Å². The van der Waals surface area contributed by atoms with E-state index >= 15 is 0 Å². The Balaban J connectivity index is 1.57. The van der Waals surface area contributed by atoms with Gasteiger partial charge in [0, 0.05) is 6.42 Å². The van der Waals surface area contributed by atoms with Crippen molar-refractivity contribution < 1.29 is 9.53 Å². The largest absolute Gasteiger partial charge is 0.461 e. The average molecular weight is 247 g/mol. The van der Waals surface area contributed by atoms with Crippen LogP contribution in [0.1, 0.15) is 31.2 Å². The average Bonchev–Trinajstić information content (AvgIpc) is 2.91. The number of hydrogen-bond acceptors (Lipinski definition) is 3. The van der Waals surface area contributed by atoms with Crippen LogP contribution in [0.5, 0.6) is 0 Å². The summed E-state index contributed by atoms with van der Waals surface area (Å²) in [4.78, 5) is 14.0. The summed E-state index contributed by atoms with van der Waals surface area (Å²) in [6.07, 6.45) is 4.05. The van der Waals surface area contributed by atoms with Gasteiger partial charge in [-0.25, -0.2) is 0 Å². The van der Waals surface area contributed by atoms with E-state index in [0.29, 0.717) is 13.0 Å². The molecule has 0 aliphatic carbocycles. The highest BCUT2D eigenvalue weighted by atomic mass is 16.5. The second-order valence-electron chi connectivity index (χ2n) is 4.80. The minimum atomic E-state index is -0.0851. The third-order valence-corrected chi connectivity index (χ3v) is 3.30. The van der Waals surface area contributed by atoms with Crippen molar-refractivity contribution >= 4 is 5.97 Å². The molecule has 1 aromatic carbocycles. The second-order valence-corrected chi connectivity index (χ2v) is 4.80. The van der Waals surface area contributed by atoms with Crippen LogP contribution in [0.3, 0.4) is 0 Å². The fourth-order valence-electron chi connectivity index (χ4n) is 2.26. The molecule has 1 aliphatic rings. The monoisotopic (exact) mass is 247 g/mol. The van der Waals surface area contributed by atoms with Crippen molar-refractivity contribution in [3.05, 3.63) is 35.9 Å². The quantitative estimate of drug-likeness (QED) is 0.724. The first kappa shape index (κ1) is 13.1. The molecule has 1 heterocycles. The maximum Gasteiger partial charge on any atom is 0.306 e. The van der Waals surface area contributed by atoms with E-state index in [2.05, 4.69) is 4.90 Å². The number of ether oxygens (including phenoxy) is 1. The molecule has 1 fully saturated rings. The lowest BCUT2D eigenvalue weighted by Gasteiger charge is -2.13. The summed E-state index contributed by atoms with van der Waals surface area (Å²) in [6.45, 7) is 3.81. The Morgan fingerprint density at radius 2 is 1.89 bits per heavy atom. The summed E-state index contributed by atoms with van der Waals surface area (Å²) >= 11 is 0. The summed E-state index contributed by atoms with van der Waals surface area (Å²) in [6, 6.07) is 9.81. The van der Waals surface area contributed by atoms with Crippen LogP contribution in [0.25, 0.3) is 0 Å². The smallest absolute Gasteiger partial charge is 0.306 e. The van der Waals surface area contributed by atoms with Gasteiger partial charge < -0.3 is 9.64 Å². The van der Waals surface area contributed by atoms with Crippen molar-refractivity contribution in [2.75, 3.05) is 19.6 Å². The van der Waals surface area contributed by atoms with Crippen molar-refractivity contribution in [3.63, 3.8) is 0 Å². The Bertz CT molecular complexity index is 358. The first-order valence-electron chi connectivity index (χ1n) is 6.76. The lowest BCUT2D eigenvalue weighted by atomic mass is 10.2. The molecule has 0 spiro atoms. The summed E-state index contributed by atoms with van der Waals surface area (Å²) in [5.74, 6) is -0.0851. The maximum absolute atomic E-state index is 11.5. The molecule has 1 aromatic rings. The zero-order valence-corrected chi connectivity index (χ0v) is 10.8. The summed E-state index contributed by atoms with van der Waals surface area (Å²) in [5.41, 5.74) is 1.05. The summed E-state index contributed by atoms with van der Waals surface area (Å²) in [7, 11) is 0. The van der Waals surface area contributed by atoms with Crippen LogP contribution >= 0.6 is 0 Å². The number of esters is 1. The Labute approximate surface area is 109 Å². The Morgan fingerprint density at radius 3 is 2.61 bits per heavy atom. The fraction of sp³-hybridized carbons (Fsp3) is 0.533. The minimum Gasteiger partial charge on any atom is -0.461 e. The number of nitrogens with zero attached hydrogens (tertiary/aromatic N) is 1. The third kappa shape index (κ3) is 4.49. The molecule has 0 amide bonds. The Kier molecular flexibility index (Phi) is 5.21. The van der Waals surface area contributed by atoms with E-state index in [9.17, 15) is 4.79 Å². The molecule has 98 valence electrons. The van der Waals surface area contributed by atoms with Crippen LogP contribution in [-0.4, -0.2) is 30.5 Å². The standard InChI is InChI=1S/C15H21NO2/c17-15(9-6-12-16-10-4-5-11-16)18-13-14-7-2-1-3-8-14/h1-3,7-8H,4-6,9-13H2. The molecule has 0 N–H and O–H groups in total. The van der Waals surface area contributed by atoms with Gasteiger partial charge in [0.2, 0.25) is 0 Å². The van der Waals surface area contributed by atoms with Gasteiger partial charge in [0.05, 0.1) is 0 Å². The first-order chi connectivity index (χ1) is 8.84. The van der Waals surface area contributed by atoms with Crippen molar-refractivity contribution in [1.29, 1.82) is 0 Å². The lowest BCUT2D eigenvalue weighted by Crippen LogP contribution is -2.21. The van der Waals surface area contributed by atoms with Crippen molar-refractivity contribution in [1.82, 2.24) is 4.90 Å². The molecule has 0 radical (unpaired) electrons. The fourth-order valence-corrected chi connectivity index (χ4v) is 2.26. The zero-order chi connectivity index (χ0) is 12.6. The van der Waals surface area contributed by atoms with E-state index in [1.165, 1.54) is 25.9 Å². The van der Waals surface area contributed by atoms with Gasteiger partial charge in [-0.15, -0.1) is 0 Å². The molecule has 0 saturated carbocycles. The first-order valence-corrected chi connectivity index (χ1v) is 6.76. The van der Waals surface area contributed by atoms with Gasteiger partial charge in [0.1, 0.15) is 6.61 Å². The maximum atomic E-state index is 11.5. The van der Waals surface area contributed by atoms with Gasteiger partial charge in [-0.05, 0) is 44.5 Å². The van der Waals surface area contributed by atoms with Gasteiger partial charge in [-0.2, -0.15) is 0 Å². The van der Waals surface area contributed by atoms with Crippen LogP contribution in [-0.2, 0) is 16.1 Å². The minimum absolute atomic E-state index is 0.0851. The van der Waals surface area contributed by atoms with E-state index in [-0.39, 0.29) is 5.97 Å². The number of carbonyl (C=O) groups is 1. The van der Waals surface area contributed by atoms with Gasteiger partial charge in [0.25, 0.3) is 0 Å². The molecule has 0 unspecified atom stereocenters. The molecule has 1 saturated heterocycles. The van der Waals surface area contributed by atoms with Crippen LogP contribution in [0.2, 0.25) is 0 Å². The lowest BCUT2D eigenvalue weighted by molar-refractivity contribution is -0.145. The van der Waals surface area contributed by atoms with Crippen molar-refractivity contribution in [3.8, 4) is 0 Å². The van der Waals surface area contributed by atoms with E-state index < -0.39 is 0 Å². The number of carbonyl (C=O) groups excluding carboxylic acids is 1.